The van der Waals surface area contributed by atoms with Crippen LogP contribution in [0.4, 0.5) is 0 Å². The molecule has 0 bridgehead atoms. The van der Waals surface area contributed by atoms with Crippen LogP contribution in [0.1, 0.15) is 31.4 Å². The maximum atomic E-state index is 9.94. The maximum absolute atomic E-state index is 9.94. The zero-order valence-electron chi connectivity index (χ0n) is 12.3. The molecule has 3 nitrogen and oxygen atoms in total. The van der Waals surface area contributed by atoms with Crippen LogP contribution >= 0.6 is 11.8 Å². The molecule has 1 aromatic carbocycles. The summed E-state index contributed by atoms with van der Waals surface area (Å²) >= 11 is 1.93. The summed E-state index contributed by atoms with van der Waals surface area (Å²) in [6, 6.07) is 10.1. The third kappa shape index (κ3) is 4.77. The molecule has 2 unspecified atom stereocenters. The van der Waals surface area contributed by atoms with Crippen molar-refractivity contribution in [1.29, 1.82) is 0 Å². The first-order chi connectivity index (χ1) is 9.65. The molecule has 0 aromatic heterocycles. The molecular weight excluding hydrogens is 270 g/mol. The predicted molar refractivity (Wildman–Crippen MR) is 85.2 cm³/mol. The number of aliphatic hydroxyl groups is 1. The summed E-state index contributed by atoms with van der Waals surface area (Å²) in [5.74, 6) is 0. The van der Waals surface area contributed by atoms with Crippen LogP contribution in [-0.4, -0.2) is 41.9 Å². The van der Waals surface area contributed by atoms with Crippen molar-refractivity contribution in [3.63, 3.8) is 0 Å². The molecule has 1 fully saturated rings. The van der Waals surface area contributed by atoms with Crippen molar-refractivity contribution >= 4 is 11.8 Å². The minimum atomic E-state index is -0.446. The lowest BCUT2D eigenvalue weighted by molar-refractivity contribution is -0.00196. The van der Waals surface area contributed by atoms with Gasteiger partial charge in [-0.25, -0.2) is 0 Å². The van der Waals surface area contributed by atoms with Crippen LogP contribution in [0.2, 0.25) is 0 Å². The van der Waals surface area contributed by atoms with Gasteiger partial charge in [0.25, 0.3) is 0 Å². The zero-order valence-corrected chi connectivity index (χ0v) is 13.2. The van der Waals surface area contributed by atoms with E-state index >= 15 is 0 Å². The lowest BCUT2D eigenvalue weighted by Crippen LogP contribution is -2.35. The van der Waals surface area contributed by atoms with Crippen molar-refractivity contribution in [3.05, 3.63) is 35.9 Å². The standard InChI is InChI=1S/C16H25NO2S/c1-13(14-6-4-3-5-7-14)19-11-15(18)10-17-12-16(20-2)8-9-16/h3-7,13,15,17-18H,8-12H2,1-2H3. The van der Waals surface area contributed by atoms with Gasteiger partial charge in [-0.3, -0.25) is 0 Å². The number of ether oxygens (including phenoxy) is 1. The summed E-state index contributed by atoms with van der Waals surface area (Å²) in [6.07, 6.45) is 4.32. The molecule has 1 saturated carbocycles. The van der Waals surface area contributed by atoms with E-state index < -0.39 is 6.10 Å². The third-order valence-corrected chi connectivity index (χ3v) is 5.29. The van der Waals surface area contributed by atoms with Gasteiger partial charge in [0.2, 0.25) is 0 Å². The first-order valence-electron chi connectivity index (χ1n) is 7.26. The molecule has 0 radical (unpaired) electrons. The Morgan fingerprint density at radius 1 is 1.35 bits per heavy atom. The van der Waals surface area contributed by atoms with Gasteiger partial charge in [0.05, 0.1) is 18.8 Å². The number of benzene rings is 1. The summed E-state index contributed by atoms with van der Waals surface area (Å²) in [5, 5.41) is 13.3. The fraction of sp³-hybridized carbons (Fsp3) is 0.625. The van der Waals surface area contributed by atoms with Crippen LogP contribution < -0.4 is 5.32 Å². The lowest BCUT2D eigenvalue weighted by Gasteiger charge is -2.18. The molecule has 2 rings (SSSR count). The number of nitrogens with one attached hydrogen (secondary N) is 1. The predicted octanol–water partition coefficient (Wildman–Crippen LogP) is 2.61. The van der Waals surface area contributed by atoms with E-state index in [1.54, 1.807) is 0 Å². The van der Waals surface area contributed by atoms with Crippen LogP contribution in [0.3, 0.4) is 0 Å². The van der Waals surface area contributed by atoms with Crippen LogP contribution in [0.25, 0.3) is 0 Å². The number of hydrogen-bond donors (Lipinski definition) is 2. The Balaban J connectivity index is 1.61. The van der Waals surface area contributed by atoms with Crippen LogP contribution in [0.5, 0.6) is 0 Å². The first kappa shape index (κ1) is 15.8. The average molecular weight is 295 g/mol. The Morgan fingerprint density at radius 3 is 2.65 bits per heavy atom. The molecule has 2 N–H and O–H groups in total. The van der Waals surface area contributed by atoms with Gasteiger partial charge >= 0.3 is 0 Å². The Hall–Kier alpha value is -0.550. The first-order valence-corrected chi connectivity index (χ1v) is 8.48. The molecule has 0 heterocycles. The zero-order chi connectivity index (χ0) is 14.4. The lowest BCUT2D eigenvalue weighted by atomic mass is 10.1. The summed E-state index contributed by atoms with van der Waals surface area (Å²) in [6.45, 7) is 3.97. The Morgan fingerprint density at radius 2 is 2.05 bits per heavy atom. The fourth-order valence-corrected chi connectivity index (χ4v) is 2.95. The summed E-state index contributed by atoms with van der Waals surface area (Å²) in [7, 11) is 0. The molecular formula is C16H25NO2S. The van der Waals surface area contributed by atoms with Crippen molar-refractivity contribution in [2.75, 3.05) is 26.0 Å². The maximum Gasteiger partial charge on any atom is 0.0897 e. The van der Waals surface area contributed by atoms with Gasteiger partial charge in [-0.1, -0.05) is 30.3 Å². The smallest absolute Gasteiger partial charge is 0.0897 e. The number of aliphatic hydroxyl groups excluding tert-OH is 1. The summed E-state index contributed by atoms with van der Waals surface area (Å²) < 4.78 is 6.16. The third-order valence-electron chi connectivity index (χ3n) is 3.88. The van der Waals surface area contributed by atoms with Crippen molar-refractivity contribution < 1.29 is 9.84 Å². The summed E-state index contributed by atoms with van der Waals surface area (Å²) in [4.78, 5) is 0. The van der Waals surface area contributed by atoms with Crippen LogP contribution in [0.15, 0.2) is 30.3 Å². The fourth-order valence-electron chi connectivity index (χ4n) is 2.19. The van der Waals surface area contributed by atoms with Crippen molar-refractivity contribution in [3.8, 4) is 0 Å². The number of hydrogen-bond acceptors (Lipinski definition) is 4. The molecule has 1 aliphatic carbocycles. The highest BCUT2D eigenvalue weighted by Crippen LogP contribution is 2.46. The molecule has 1 aromatic rings. The van der Waals surface area contributed by atoms with E-state index in [0.717, 1.165) is 12.1 Å². The van der Waals surface area contributed by atoms with Crippen molar-refractivity contribution in [2.45, 2.75) is 36.7 Å². The molecule has 0 spiro atoms. The highest BCUT2D eigenvalue weighted by Gasteiger charge is 2.41. The highest BCUT2D eigenvalue weighted by molar-refractivity contribution is 8.00. The topological polar surface area (TPSA) is 41.5 Å². The number of rotatable bonds is 9. The molecule has 1 aliphatic rings. The molecule has 0 aliphatic heterocycles. The van der Waals surface area contributed by atoms with E-state index in [0.29, 0.717) is 17.9 Å². The van der Waals surface area contributed by atoms with Gasteiger partial charge < -0.3 is 15.2 Å². The molecule has 20 heavy (non-hydrogen) atoms. The Kier molecular flexibility index (Phi) is 5.90. The summed E-state index contributed by atoms with van der Waals surface area (Å²) in [5.41, 5.74) is 1.15. The van der Waals surface area contributed by atoms with E-state index in [9.17, 15) is 5.11 Å². The largest absolute Gasteiger partial charge is 0.389 e. The van der Waals surface area contributed by atoms with Gasteiger partial charge in [-0.2, -0.15) is 11.8 Å². The van der Waals surface area contributed by atoms with E-state index in [4.69, 9.17) is 4.74 Å². The van der Waals surface area contributed by atoms with E-state index in [1.807, 2.05) is 49.0 Å². The molecule has 4 heteroatoms. The molecule has 112 valence electrons. The minimum Gasteiger partial charge on any atom is -0.389 e. The van der Waals surface area contributed by atoms with E-state index in [-0.39, 0.29) is 6.10 Å². The van der Waals surface area contributed by atoms with Crippen LogP contribution in [0, 0.1) is 0 Å². The Bertz CT molecular complexity index is 395. The van der Waals surface area contributed by atoms with Gasteiger partial charge in [0.1, 0.15) is 0 Å². The van der Waals surface area contributed by atoms with E-state index in [1.165, 1.54) is 12.8 Å². The van der Waals surface area contributed by atoms with Gasteiger partial charge in [-0.15, -0.1) is 0 Å². The number of thioether (sulfide) groups is 1. The second-order valence-corrected chi connectivity index (χ2v) is 6.83. The minimum absolute atomic E-state index is 0.0202. The SMILES string of the molecule is CSC1(CNCC(O)COC(C)c2ccccc2)CC1. The quantitative estimate of drug-likeness (QED) is 0.735. The molecule has 0 saturated heterocycles. The normalized spacial score (nSPS) is 19.6. The van der Waals surface area contributed by atoms with Crippen LogP contribution in [-0.2, 0) is 4.74 Å². The molecule has 0 amide bonds. The van der Waals surface area contributed by atoms with Crippen molar-refractivity contribution in [2.24, 2.45) is 0 Å². The second-order valence-electron chi connectivity index (χ2n) is 5.56. The van der Waals surface area contributed by atoms with Gasteiger partial charge in [0.15, 0.2) is 0 Å². The van der Waals surface area contributed by atoms with Gasteiger partial charge in [-0.05, 0) is 31.6 Å². The highest BCUT2D eigenvalue weighted by atomic mass is 32.2. The molecule has 2 atom stereocenters. The average Bonchev–Trinajstić information content (AvgIpc) is 3.26. The monoisotopic (exact) mass is 295 g/mol. The Labute approximate surface area is 126 Å². The second kappa shape index (κ2) is 7.46. The van der Waals surface area contributed by atoms with Crippen molar-refractivity contribution in [1.82, 2.24) is 5.32 Å². The van der Waals surface area contributed by atoms with E-state index in [2.05, 4.69) is 11.6 Å². The van der Waals surface area contributed by atoms with Gasteiger partial charge in [0, 0.05) is 17.8 Å².